The van der Waals surface area contributed by atoms with Gasteiger partial charge in [0, 0.05) is 29.9 Å². The van der Waals surface area contributed by atoms with Crippen molar-refractivity contribution in [2.45, 2.75) is 26.4 Å². The Kier molecular flexibility index (Phi) is 4.59. The SMILES string of the molecule is Cc1ccc(C)c(C(=O)NC[C@H]2Cc3cc(-c4cnccn4)ccc3O2)c1. The molecule has 1 aliphatic heterocycles. The minimum absolute atomic E-state index is 0.0593. The molecule has 5 nitrogen and oxygen atoms in total. The smallest absolute Gasteiger partial charge is 0.251 e. The number of aryl methyl sites for hydroxylation is 2. The number of carbonyl (C=O) groups is 1. The van der Waals surface area contributed by atoms with E-state index in [0.717, 1.165) is 45.7 Å². The molecule has 1 aromatic heterocycles. The summed E-state index contributed by atoms with van der Waals surface area (Å²) in [6, 6.07) is 11.9. The van der Waals surface area contributed by atoms with Crippen molar-refractivity contribution in [2.24, 2.45) is 0 Å². The van der Waals surface area contributed by atoms with Crippen molar-refractivity contribution in [3.8, 4) is 17.0 Å². The Balaban J connectivity index is 1.41. The third-order valence-electron chi connectivity index (χ3n) is 4.79. The van der Waals surface area contributed by atoms with Crippen LogP contribution in [-0.2, 0) is 6.42 Å². The zero-order valence-electron chi connectivity index (χ0n) is 15.4. The van der Waals surface area contributed by atoms with E-state index in [1.165, 1.54) is 0 Å². The van der Waals surface area contributed by atoms with Gasteiger partial charge in [0.15, 0.2) is 0 Å². The van der Waals surface area contributed by atoms with Crippen LogP contribution in [0.1, 0.15) is 27.0 Å². The summed E-state index contributed by atoms with van der Waals surface area (Å²) < 4.78 is 5.99. The Morgan fingerprint density at radius 1 is 1.19 bits per heavy atom. The number of ether oxygens (including phenoxy) is 1. The molecule has 1 amide bonds. The van der Waals surface area contributed by atoms with Gasteiger partial charge in [-0.05, 0) is 49.2 Å². The number of hydrogen-bond acceptors (Lipinski definition) is 4. The van der Waals surface area contributed by atoms with E-state index in [2.05, 4.69) is 21.4 Å². The number of fused-ring (bicyclic) bond motifs is 1. The number of hydrogen-bond donors (Lipinski definition) is 1. The topological polar surface area (TPSA) is 64.1 Å². The molecule has 0 saturated heterocycles. The van der Waals surface area contributed by atoms with Gasteiger partial charge in [0.1, 0.15) is 11.9 Å². The summed E-state index contributed by atoms with van der Waals surface area (Å²) in [5.74, 6) is 0.810. The fraction of sp³-hybridized carbons (Fsp3) is 0.227. The number of rotatable bonds is 4. The summed E-state index contributed by atoms with van der Waals surface area (Å²) in [4.78, 5) is 21.0. The highest BCUT2D eigenvalue weighted by atomic mass is 16.5. The molecule has 0 radical (unpaired) electrons. The number of benzene rings is 2. The molecule has 0 spiro atoms. The fourth-order valence-electron chi connectivity index (χ4n) is 3.32. The van der Waals surface area contributed by atoms with Gasteiger partial charge in [0.2, 0.25) is 0 Å². The van der Waals surface area contributed by atoms with Gasteiger partial charge in [-0.1, -0.05) is 17.7 Å². The van der Waals surface area contributed by atoms with Crippen molar-refractivity contribution in [1.82, 2.24) is 15.3 Å². The first-order chi connectivity index (χ1) is 13.1. The largest absolute Gasteiger partial charge is 0.488 e. The molecule has 2 aromatic carbocycles. The molecule has 0 unspecified atom stereocenters. The molecule has 27 heavy (non-hydrogen) atoms. The quantitative estimate of drug-likeness (QED) is 0.774. The molecular formula is C22H21N3O2. The highest BCUT2D eigenvalue weighted by Gasteiger charge is 2.24. The first-order valence-corrected chi connectivity index (χ1v) is 9.01. The van der Waals surface area contributed by atoms with Crippen LogP contribution < -0.4 is 10.1 Å². The van der Waals surface area contributed by atoms with Crippen LogP contribution >= 0.6 is 0 Å². The molecule has 0 fully saturated rings. The van der Waals surface area contributed by atoms with Crippen LogP contribution in [0.5, 0.6) is 5.75 Å². The van der Waals surface area contributed by atoms with Crippen molar-refractivity contribution in [3.63, 3.8) is 0 Å². The third-order valence-corrected chi connectivity index (χ3v) is 4.79. The van der Waals surface area contributed by atoms with Crippen LogP contribution in [0.15, 0.2) is 55.0 Å². The average Bonchev–Trinajstić information content (AvgIpc) is 3.10. The molecule has 2 heterocycles. The summed E-state index contributed by atoms with van der Waals surface area (Å²) in [5.41, 5.74) is 5.76. The summed E-state index contributed by atoms with van der Waals surface area (Å²) in [6.07, 6.45) is 5.79. The molecule has 1 atom stereocenters. The molecular weight excluding hydrogens is 338 g/mol. The van der Waals surface area contributed by atoms with E-state index in [1.54, 1.807) is 18.6 Å². The molecule has 1 aliphatic rings. The molecule has 0 bridgehead atoms. The molecule has 5 heteroatoms. The molecule has 3 aromatic rings. The van der Waals surface area contributed by atoms with Crippen LogP contribution in [-0.4, -0.2) is 28.5 Å². The van der Waals surface area contributed by atoms with Crippen LogP contribution in [0.3, 0.4) is 0 Å². The summed E-state index contributed by atoms with van der Waals surface area (Å²) in [5, 5.41) is 3.00. The third kappa shape index (κ3) is 3.67. The predicted molar refractivity (Wildman–Crippen MR) is 104 cm³/mol. The number of nitrogens with zero attached hydrogens (tertiary/aromatic N) is 2. The molecule has 0 aliphatic carbocycles. The van der Waals surface area contributed by atoms with E-state index < -0.39 is 0 Å². The molecule has 136 valence electrons. The standard InChI is InChI=1S/C22H21N3O2/c1-14-3-4-15(2)19(9-14)22(26)25-12-18-11-17-10-16(5-6-21(17)27-18)20-13-23-7-8-24-20/h3-10,13,18H,11-12H2,1-2H3,(H,25,26)/t18-/m1/s1. The lowest BCUT2D eigenvalue weighted by Crippen LogP contribution is -2.34. The second-order valence-corrected chi connectivity index (χ2v) is 6.89. The van der Waals surface area contributed by atoms with Crippen LogP contribution in [0.4, 0.5) is 0 Å². The van der Waals surface area contributed by atoms with Gasteiger partial charge in [-0.2, -0.15) is 0 Å². The Morgan fingerprint density at radius 3 is 2.89 bits per heavy atom. The van der Waals surface area contributed by atoms with E-state index in [1.807, 2.05) is 44.2 Å². The van der Waals surface area contributed by atoms with Gasteiger partial charge >= 0.3 is 0 Å². The zero-order valence-corrected chi connectivity index (χ0v) is 15.4. The number of nitrogens with one attached hydrogen (secondary N) is 1. The van der Waals surface area contributed by atoms with E-state index in [-0.39, 0.29) is 12.0 Å². The lowest BCUT2D eigenvalue weighted by Gasteiger charge is -2.13. The van der Waals surface area contributed by atoms with E-state index >= 15 is 0 Å². The minimum Gasteiger partial charge on any atom is -0.488 e. The summed E-state index contributed by atoms with van der Waals surface area (Å²) >= 11 is 0. The predicted octanol–water partition coefficient (Wildman–Crippen LogP) is 3.49. The highest BCUT2D eigenvalue weighted by molar-refractivity contribution is 5.95. The Bertz CT molecular complexity index is 986. The van der Waals surface area contributed by atoms with Crippen molar-refractivity contribution in [2.75, 3.05) is 6.54 Å². The second kappa shape index (κ2) is 7.19. The molecule has 1 N–H and O–H groups in total. The van der Waals surface area contributed by atoms with Gasteiger partial charge in [0.05, 0.1) is 18.4 Å². The van der Waals surface area contributed by atoms with Gasteiger partial charge in [-0.25, -0.2) is 0 Å². The second-order valence-electron chi connectivity index (χ2n) is 6.89. The summed E-state index contributed by atoms with van der Waals surface area (Å²) in [6.45, 7) is 4.41. The lowest BCUT2D eigenvalue weighted by molar-refractivity contribution is 0.0933. The van der Waals surface area contributed by atoms with Gasteiger partial charge in [-0.15, -0.1) is 0 Å². The Labute approximate surface area is 158 Å². The Hall–Kier alpha value is -3.21. The maximum Gasteiger partial charge on any atom is 0.251 e. The van der Waals surface area contributed by atoms with Crippen molar-refractivity contribution < 1.29 is 9.53 Å². The van der Waals surface area contributed by atoms with Crippen LogP contribution in [0.25, 0.3) is 11.3 Å². The van der Waals surface area contributed by atoms with E-state index in [4.69, 9.17) is 4.74 Å². The number of amides is 1. The molecule has 0 saturated carbocycles. The number of carbonyl (C=O) groups excluding carboxylic acids is 1. The van der Waals surface area contributed by atoms with Crippen LogP contribution in [0, 0.1) is 13.8 Å². The fourth-order valence-corrected chi connectivity index (χ4v) is 3.32. The maximum absolute atomic E-state index is 12.5. The van der Waals surface area contributed by atoms with Gasteiger partial charge in [-0.3, -0.25) is 14.8 Å². The van der Waals surface area contributed by atoms with Gasteiger partial charge < -0.3 is 10.1 Å². The van der Waals surface area contributed by atoms with Gasteiger partial charge in [0.25, 0.3) is 5.91 Å². The number of aromatic nitrogens is 2. The average molecular weight is 359 g/mol. The van der Waals surface area contributed by atoms with E-state index in [0.29, 0.717) is 6.54 Å². The Morgan fingerprint density at radius 2 is 2.07 bits per heavy atom. The summed E-state index contributed by atoms with van der Waals surface area (Å²) in [7, 11) is 0. The van der Waals surface area contributed by atoms with Crippen molar-refractivity contribution in [3.05, 3.63) is 77.2 Å². The maximum atomic E-state index is 12.5. The lowest BCUT2D eigenvalue weighted by atomic mass is 10.0. The first kappa shape index (κ1) is 17.2. The van der Waals surface area contributed by atoms with Crippen LogP contribution in [0.2, 0.25) is 0 Å². The van der Waals surface area contributed by atoms with Crippen molar-refractivity contribution >= 4 is 5.91 Å². The molecule has 4 rings (SSSR count). The van der Waals surface area contributed by atoms with Crippen molar-refractivity contribution in [1.29, 1.82) is 0 Å². The monoisotopic (exact) mass is 359 g/mol. The normalized spacial score (nSPS) is 15.1. The highest BCUT2D eigenvalue weighted by Crippen LogP contribution is 2.32. The first-order valence-electron chi connectivity index (χ1n) is 9.01. The minimum atomic E-state index is -0.0637. The zero-order chi connectivity index (χ0) is 18.8. The van der Waals surface area contributed by atoms with E-state index in [9.17, 15) is 4.79 Å².